The third-order valence-electron chi connectivity index (χ3n) is 8.11. The number of carbonyl (C=O) groups is 1. The van der Waals surface area contributed by atoms with E-state index in [0.29, 0.717) is 24.4 Å². The van der Waals surface area contributed by atoms with E-state index >= 15 is 0 Å². The molecule has 0 amide bonds. The molecule has 1 aliphatic rings. The van der Waals surface area contributed by atoms with Gasteiger partial charge in [0.2, 0.25) is 0 Å². The van der Waals surface area contributed by atoms with Crippen molar-refractivity contribution in [1.82, 2.24) is 0 Å². The summed E-state index contributed by atoms with van der Waals surface area (Å²) in [4.78, 5) is 14.7. The Morgan fingerprint density at radius 3 is 0.978 bits per heavy atom. The van der Waals surface area contributed by atoms with E-state index in [4.69, 9.17) is 9.47 Å². The van der Waals surface area contributed by atoms with Gasteiger partial charge in [0, 0.05) is 22.3 Å². The second-order valence-electron chi connectivity index (χ2n) is 11.2. The minimum absolute atomic E-state index is 0.00591. The predicted molar refractivity (Wildman–Crippen MR) is 186 cm³/mol. The Hall–Kier alpha value is -5.93. The average Bonchev–Trinajstić information content (AvgIpc) is 3.44. The largest absolute Gasteiger partial charge is 0.489 e. The quantitative estimate of drug-likeness (QED) is 0.158. The normalized spacial score (nSPS) is 12.8. The zero-order valence-corrected chi connectivity index (χ0v) is 25.3. The van der Waals surface area contributed by atoms with Gasteiger partial charge in [0.05, 0.1) is 0 Å². The monoisotopic (exact) mass is 596 g/mol. The number of ketones is 1. The molecule has 1 aliphatic carbocycles. The lowest BCUT2D eigenvalue weighted by molar-refractivity contribution is -0.108. The fourth-order valence-electron chi connectivity index (χ4n) is 5.86. The Morgan fingerprint density at radius 1 is 0.326 bits per heavy atom. The average molecular weight is 597 g/mol. The summed E-state index contributed by atoms with van der Waals surface area (Å²) in [7, 11) is 0. The summed E-state index contributed by atoms with van der Waals surface area (Å²) < 4.78 is 12.1. The molecule has 222 valence electrons. The van der Waals surface area contributed by atoms with Crippen LogP contribution < -0.4 is 9.47 Å². The molecule has 6 aromatic carbocycles. The van der Waals surface area contributed by atoms with Crippen LogP contribution >= 0.6 is 0 Å². The Balaban J connectivity index is 1.27. The van der Waals surface area contributed by atoms with E-state index < -0.39 is 0 Å². The van der Waals surface area contributed by atoms with Gasteiger partial charge in [-0.1, -0.05) is 146 Å². The van der Waals surface area contributed by atoms with Crippen molar-refractivity contribution < 1.29 is 14.3 Å². The van der Waals surface area contributed by atoms with Crippen LogP contribution in [0.5, 0.6) is 11.5 Å². The van der Waals surface area contributed by atoms with Crippen molar-refractivity contribution in [2.75, 3.05) is 0 Å². The molecule has 0 radical (unpaired) electrons. The molecule has 3 nitrogen and oxygen atoms in total. The summed E-state index contributed by atoms with van der Waals surface area (Å²) in [6, 6.07) is 56.3. The lowest BCUT2D eigenvalue weighted by Gasteiger charge is -2.14. The lowest BCUT2D eigenvalue weighted by atomic mass is 9.89. The number of Topliss-reactive ketones (excluding diaryl/α,β-unsaturated/α-hetero) is 1. The summed E-state index contributed by atoms with van der Waals surface area (Å²) >= 11 is 0. The van der Waals surface area contributed by atoms with Crippen LogP contribution in [0.3, 0.4) is 0 Å². The highest BCUT2D eigenvalue weighted by atomic mass is 16.5. The first-order chi connectivity index (χ1) is 22.7. The van der Waals surface area contributed by atoms with Crippen LogP contribution in [0.1, 0.15) is 33.4 Å². The molecule has 6 aromatic rings. The molecule has 0 bridgehead atoms. The molecule has 0 unspecified atom stereocenters. The number of carbonyl (C=O) groups excluding carboxylic acids is 1. The number of allylic oxidation sites excluding steroid dienone is 4. The number of hydrogen-bond donors (Lipinski definition) is 0. The van der Waals surface area contributed by atoms with Gasteiger partial charge in [-0.3, -0.25) is 4.79 Å². The molecule has 0 saturated heterocycles. The van der Waals surface area contributed by atoms with E-state index in [1.807, 2.05) is 146 Å². The standard InChI is InChI=1S/C43H32O3/c44-43-41(35-21-25-37(26-22-35)45-29-31-13-5-1-6-14-31)39(33-17-9-3-10-18-33)40(34-19-11-4-12-20-34)42(43)36-23-27-38(28-24-36)46-30-32-15-7-2-8-16-32/h1-28H,29-30H2. The second kappa shape index (κ2) is 13.4. The van der Waals surface area contributed by atoms with Crippen LogP contribution in [0.15, 0.2) is 170 Å². The first kappa shape index (κ1) is 28.8. The topological polar surface area (TPSA) is 35.5 Å². The Kier molecular flexibility index (Phi) is 8.38. The number of benzene rings is 6. The predicted octanol–water partition coefficient (Wildman–Crippen LogP) is 9.95. The van der Waals surface area contributed by atoms with Crippen LogP contribution in [0.4, 0.5) is 0 Å². The number of rotatable bonds is 10. The van der Waals surface area contributed by atoms with Crippen molar-refractivity contribution in [1.29, 1.82) is 0 Å². The molecule has 46 heavy (non-hydrogen) atoms. The fraction of sp³-hybridized carbons (Fsp3) is 0.0465. The SMILES string of the molecule is O=C1C(c2ccc(OCc3ccccc3)cc2)=C(c2ccccc2)C(c2ccccc2)=C1c1ccc(OCc2ccccc2)cc1. The zero-order chi connectivity index (χ0) is 31.1. The molecule has 3 heteroatoms. The summed E-state index contributed by atoms with van der Waals surface area (Å²) in [6.45, 7) is 0.956. The highest BCUT2D eigenvalue weighted by Crippen LogP contribution is 2.49. The molecular weight excluding hydrogens is 564 g/mol. The highest BCUT2D eigenvalue weighted by Gasteiger charge is 2.35. The summed E-state index contributed by atoms with van der Waals surface area (Å²) in [6.07, 6.45) is 0. The molecule has 0 spiro atoms. The molecule has 0 aromatic heterocycles. The summed E-state index contributed by atoms with van der Waals surface area (Å²) in [5.74, 6) is 1.50. The highest BCUT2D eigenvalue weighted by molar-refractivity contribution is 6.59. The molecule has 0 fully saturated rings. The molecule has 0 heterocycles. The smallest absolute Gasteiger partial charge is 0.195 e. The maximum atomic E-state index is 14.7. The maximum absolute atomic E-state index is 14.7. The van der Waals surface area contributed by atoms with Crippen LogP contribution in [-0.4, -0.2) is 5.78 Å². The van der Waals surface area contributed by atoms with E-state index in [2.05, 4.69) is 24.3 Å². The molecule has 0 aliphatic heterocycles. The minimum atomic E-state index is -0.00591. The van der Waals surface area contributed by atoms with Crippen molar-refractivity contribution >= 4 is 28.1 Å². The van der Waals surface area contributed by atoms with Crippen molar-refractivity contribution in [3.05, 3.63) is 203 Å². The van der Waals surface area contributed by atoms with E-state index in [1.54, 1.807) is 0 Å². The van der Waals surface area contributed by atoms with Crippen molar-refractivity contribution in [2.45, 2.75) is 13.2 Å². The maximum Gasteiger partial charge on any atom is 0.195 e. The Bertz CT molecular complexity index is 1840. The molecule has 0 N–H and O–H groups in total. The van der Waals surface area contributed by atoms with Crippen LogP contribution in [0, 0.1) is 0 Å². The third-order valence-corrected chi connectivity index (χ3v) is 8.11. The van der Waals surface area contributed by atoms with E-state index in [9.17, 15) is 4.79 Å². The Labute approximate surface area is 269 Å². The van der Waals surface area contributed by atoms with Gasteiger partial charge in [0.1, 0.15) is 24.7 Å². The van der Waals surface area contributed by atoms with Gasteiger partial charge < -0.3 is 9.47 Å². The Morgan fingerprint density at radius 2 is 0.630 bits per heavy atom. The number of ether oxygens (including phenoxy) is 2. The minimum Gasteiger partial charge on any atom is -0.489 e. The van der Waals surface area contributed by atoms with E-state index in [1.165, 1.54) is 0 Å². The van der Waals surface area contributed by atoms with Crippen molar-refractivity contribution in [2.24, 2.45) is 0 Å². The second-order valence-corrected chi connectivity index (χ2v) is 11.2. The third kappa shape index (κ3) is 6.17. The molecule has 7 rings (SSSR count). The fourth-order valence-corrected chi connectivity index (χ4v) is 5.86. The van der Waals surface area contributed by atoms with Gasteiger partial charge >= 0.3 is 0 Å². The van der Waals surface area contributed by atoms with E-state index in [-0.39, 0.29) is 5.78 Å². The molecule has 0 atom stereocenters. The van der Waals surface area contributed by atoms with Crippen LogP contribution in [0.25, 0.3) is 22.3 Å². The molecule has 0 saturated carbocycles. The van der Waals surface area contributed by atoms with Crippen LogP contribution in [-0.2, 0) is 18.0 Å². The van der Waals surface area contributed by atoms with Gasteiger partial charge in [-0.05, 0) is 57.6 Å². The van der Waals surface area contributed by atoms with Gasteiger partial charge in [0.25, 0.3) is 0 Å². The van der Waals surface area contributed by atoms with Crippen LogP contribution in [0.2, 0.25) is 0 Å². The lowest BCUT2D eigenvalue weighted by Crippen LogP contribution is -2.02. The van der Waals surface area contributed by atoms with Gasteiger partial charge in [-0.25, -0.2) is 0 Å². The summed E-state index contributed by atoms with van der Waals surface area (Å²) in [5, 5.41) is 0. The molecular formula is C43H32O3. The first-order valence-electron chi connectivity index (χ1n) is 15.4. The zero-order valence-electron chi connectivity index (χ0n) is 25.3. The van der Waals surface area contributed by atoms with Gasteiger partial charge in [0.15, 0.2) is 5.78 Å². The summed E-state index contributed by atoms with van der Waals surface area (Å²) in [5.41, 5.74) is 9.10. The van der Waals surface area contributed by atoms with Gasteiger partial charge in [-0.2, -0.15) is 0 Å². The first-order valence-corrected chi connectivity index (χ1v) is 15.4. The van der Waals surface area contributed by atoms with Gasteiger partial charge in [-0.15, -0.1) is 0 Å². The van der Waals surface area contributed by atoms with E-state index in [0.717, 1.165) is 56.0 Å². The van der Waals surface area contributed by atoms with Crippen molar-refractivity contribution in [3.8, 4) is 11.5 Å². The van der Waals surface area contributed by atoms with Crippen molar-refractivity contribution in [3.63, 3.8) is 0 Å². The number of hydrogen-bond acceptors (Lipinski definition) is 3.